The number of nitrogens with zero attached hydrogens (tertiary/aromatic N) is 4. The first-order chi connectivity index (χ1) is 16.5. The molecule has 2 aromatic heterocycles. The van der Waals surface area contributed by atoms with Crippen LogP contribution < -0.4 is 10.9 Å². The van der Waals surface area contributed by atoms with Crippen LogP contribution in [0.5, 0.6) is 0 Å². The number of aromatic nitrogens is 4. The van der Waals surface area contributed by atoms with Gasteiger partial charge >= 0.3 is 0 Å². The van der Waals surface area contributed by atoms with Crippen molar-refractivity contribution in [1.82, 2.24) is 19.3 Å². The Bertz CT molecular complexity index is 1650. The van der Waals surface area contributed by atoms with Crippen LogP contribution >= 0.6 is 0 Å². The summed E-state index contributed by atoms with van der Waals surface area (Å²) in [4.78, 5) is 30.5. The highest BCUT2D eigenvalue weighted by atomic mass is 16.2. The van der Waals surface area contributed by atoms with E-state index in [1.807, 2.05) is 66.1 Å². The summed E-state index contributed by atoms with van der Waals surface area (Å²) >= 11 is 0. The summed E-state index contributed by atoms with van der Waals surface area (Å²) in [6.45, 7) is 2.69. The number of carbonyl (C=O) groups is 1. The van der Waals surface area contributed by atoms with Crippen LogP contribution in [0.2, 0.25) is 0 Å². The number of aryl methyl sites for hydroxylation is 1. The summed E-state index contributed by atoms with van der Waals surface area (Å²) in [5, 5.41) is 7.69. The minimum Gasteiger partial charge on any atom is -0.305 e. The molecule has 7 nitrogen and oxygen atoms in total. The van der Waals surface area contributed by atoms with E-state index in [1.54, 1.807) is 18.2 Å². The molecular formula is C27H21N5O2. The molecule has 34 heavy (non-hydrogen) atoms. The Morgan fingerprint density at radius 3 is 2.41 bits per heavy atom. The number of hydrogen-bond acceptors (Lipinski definition) is 4. The Morgan fingerprint density at radius 1 is 0.824 bits per heavy atom. The van der Waals surface area contributed by atoms with Crippen molar-refractivity contribution < 1.29 is 4.79 Å². The number of para-hydroxylation sites is 2. The second-order valence-corrected chi connectivity index (χ2v) is 8.54. The zero-order chi connectivity index (χ0) is 23.2. The molecule has 7 heteroatoms. The molecule has 0 aliphatic carbocycles. The molecule has 6 bridgehead atoms. The lowest BCUT2D eigenvalue weighted by molar-refractivity contribution is 0.102. The predicted octanol–water partition coefficient (Wildman–Crippen LogP) is 4.23. The van der Waals surface area contributed by atoms with Crippen molar-refractivity contribution in [1.29, 1.82) is 0 Å². The van der Waals surface area contributed by atoms with E-state index in [0.717, 1.165) is 39.0 Å². The first-order valence-corrected chi connectivity index (χ1v) is 11.1. The van der Waals surface area contributed by atoms with Gasteiger partial charge in [0.15, 0.2) is 0 Å². The van der Waals surface area contributed by atoms with Crippen LogP contribution in [-0.2, 0) is 13.1 Å². The summed E-state index contributed by atoms with van der Waals surface area (Å²) in [7, 11) is 0. The van der Waals surface area contributed by atoms with Gasteiger partial charge in [-0.25, -0.2) is 9.67 Å². The Balaban J connectivity index is 1.60. The van der Waals surface area contributed by atoms with E-state index in [1.165, 1.54) is 4.68 Å². The highest BCUT2D eigenvalue weighted by molar-refractivity contribution is 6.04. The standard InChI is InChI=1S/C27H21N5O2/c1-17-12-24(33)32-16-19-7-5-9-21(14-19)26(34)29-27-28-22-10-2-3-11-23(22)31(27)15-18-6-4-8-20(13-18)25(17)30-32/h2-14H,15-16H2,1H3,(H,28,29,34). The number of anilines is 1. The first-order valence-electron chi connectivity index (χ1n) is 11.1. The van der Waals surface area contributed by atoms with Crippen LogP contribution in [0.1, 0.15) is 27.0 Å². The monoisotopic (exact) mass is 447 g/mol. The van der Waals surface area contributed by atoms with Crippen LogP contribution in [-0.4, -0.2) is 25.2 Å². The van der Waals surface area contributed by atoms with Gasteiger partial charge in [-0.15, -0.1) is 0 Å². The molecule has 0 unspecified atom stereocenters. The van der Waals surface area contributed by atoms with Crippen LogP contribution in [0.3, 0.4) is 0 Å². The maximum atomic E-state index is 13.2. The summed E-state index contributed by atoms with van der Waals surface area (Å²) in [6.07, 6.45) is 0. The summed E-state index contributed by atoms with van der Waals surface area (Å²) in [5.41, 5.74) is 6.43. The molecule has 0 saturated carbocycles. The minimum absolute atomic E-state index is 0.178. The topological polar surface area (TPSA) is 81.8 Å². The number of imidazole rings is 1. The fourth-order valence-electron chi connectivity index (χ4n) is 4.46. The lowest BCUT2D eigenvalue weighted by atomic mass is 10.0. The lowest BCUT2D eigenvalue weighted by Crippen LogP contribution is -2.24. The van der Waals surface area contributed by atoms with E-state index in [-0.39, 0.29) is 18.0 Å². The van der Waals surface area contributed by atoms with Crippen molar-refractivity contribution in [3.8, 4) is 11.3 Å². The molecule has 1 amide bonds. The van der Waals surface area contributed by atoms with Crippen molar-refractivity contribution in [2.75, 3.05) is 5.32 Å². The SMILES string of the molecule is Cc1cc(=O)n2nc1-c1cccc(c1)Cn1c(nc3ccccc31)NC(=O)c1cccc(c1)C2. The van der Waals surface area contributed by atoms with Gasteiger partial charge in [0.25, 0.3) is 11.5 Å². The number of hydrogen-bond donors (Lipinski definition) is 1. The van der Waals surface area contributed by atoms with Crippen molar-refractivity contribution in [3.05, 3.63) is 111 Å². The number of fused-ring (bicyclic) bond motifs is 10. The summed E-state index contributed by atoms with van der Waals surface area (Å²) < 4.78 is 3.46. The molecule has 0 saturated heterocycles. The Hall–Kier alpha value is -4.52. The molecule has 3 aromatic carbocycles. The molecule has 0 spiro atoms. The molecule has 1 N–H and O–H groups in total. The minimum atomic E-state index is -0.257. The van der Waals surface area contributed by atoms with Gasteiger partial charge in [0, 0.05) is 17.2 Å². The first kappa shape index (κ1) is 20.1. The van der Waals surface area contributed by atoms with Crippen molar-refractivity contribution in [2.24, 2.45) is 0 Å². The molecule has 5 aromatic rings. The quantitative estimate of drug-likeness (QED) is 0.385. The zero-order valence-corrected chi connectivity index (χ0v) is 18.5. The Kier molecular flexibility index (Phi) is 4.62. The third-order valence-electron chi connectivity index (χ3n) is 6.13. The van der Waals surface area contributed by atoms with Gasteiger partial charge in [-0.1, -0.05) is 42.5 Å². The highest BCUT2D eigenvalue weighted by Gasteiger charge is 2.17. The zero-order valence-electron chi connectivity index (χ0n) is 18.5. The molecular weight excluding hydrogens is 426 g/mol. The molecule has 0 fully saturated rings. The maximum Gasteiger partial charge on any atom is 0.267 e. The van der Waals surface area contributed by atoms with Crippen molar-refractivity contribution >= 4 is 22.9 Å². The van der Waals surface area contributed by atoms with Gasteiger partial charge in [-0.3, -0.25) is 14.9 Å². The molecule has 0 radical (unpaired) electrons. The summed E-state index contributed by atoms with van der Waals surface area (Å²) in [6, 6.07) is 24.8. The van der Waals surface area contributed by atoms with Crippen LogP contribution in [0, 0.1) is 6.92 Å². The van der Waals surface area contributed by atoms with E-state index in [9.17, 15) is 9.59 Å². The van der Waals surface area contributed by atoms with E-state index in [2.05, 4.69) is 11.4 Å². The van der Waals surface area contributed by atoms with Crippen LogP contribution in [0.15, 0.2) is 83.7 Å². The molecule has 6 rings (SSSR count). The second-order valence-electron chi connectivity index (χ2n) is 8.54. The Morgan fingerprint density at radius 2 is 1.56 bits per heavy atom. The highest BCUT2D eigenvalue weighted by Crippen LogP contribution is 2.25. The predicted molar refractivity (Wildman–Crippen MR) is 131 cm³/mol. The van der Waals surface area contributed by atoms with Crippen molar-refractivity contribution in [3.63, 3.8) is 0 Å². The number of nitrogens with one attached hydrogen (secondary N) is 1. The third kappa shape index (κ3) is 3.47. The normalized spacial score (nSPS) is 13.0. The average molecular weight is 447 g/mol. The number of rotatable bonds is 0. The van der Waals surface area contributed by atoms with Gasteiger partial charge in [-0.05, 0) is 53.9 Å². The van der Waals surface area contributed by atoms with Gasteiger partial charge in [0.2, 0.25) is 5.95 Å². The van der Waals surface area contributed by atoms with Crippen molar-refractivity contribution in [2.45, 2.75) is 20.0 Å². The van der Waals surface area contributed by atoms with Gasteiger partial charge < -0.3 is 4.57 Å². The fraction of sp³-hybridized carbons (Fsp3) is 0.111. The lowest BCUT2D eigenvalue weighted by Gasteiger charge is -2.12. The maximum absolute atomic E-state index is 13.2. The van der Waals surface area contributed by atoms with Gasteiger partial charge in [0.1, 0.15) is 0 Å². The largest absolute Gasteiger partial charge is 0.305 e. The second kappa shape index (κ2) is 7.81. The smallest absolute Gasteiger partial charge is 0.267 e. The molecule has 1 aliphatic rings. The van der Waals surface area contributed by atoms with E-state index >= 15 is 0 Å². The average Bonchev–Trinajstić information content (AvgIpc) is 3.17. The van der Waals surface area contributed by atoms with Crippen LogP contribution in [0.4, 0.5) is 5.95 Å². The number of carbonyl (C=O) groups excluding carboxylic acids is 1. The van der Waals surface area contributed by atoms with E-state index < -0.39 is 0 Å². The number of amides is 1. The molecule has 166 valence electrons. The Labute approximate surface area is 195 Å². The fourth-order valence-corrected chi connectivity index (χ4v) is 4.46. The number of benzene rings is 3. The molecule has 1 aliphatic heterocycles. The van der Waals surface area contributed by atoms with Gasteiger partial charge in [-0.2, -0.15) is 5.10 Å². The van der Waals surface area contributed by atoms with Gasteiger partial charge in [0.05, 0.1) is 29.8 Å². The molecule has 3 heterocycles. The van der Waals surface area contributed by atoms with Crippen LogP contribution in [0.25, 0.3) is 22.3 Å². The third-order valence-corrected chi connectivity index (χ3v) is 6.13. The van der Waals surface area contributed by atoms with E-state index in [0.29, 0.717) is 18.1 Å². The summed E-state index contributed by atoms with van der Waals surface area (Å²) in [5.74, 6) is 0.231. The van der Waals surface area contributed by atoms with E-state index in [4.69, 9.17) is 10.1 Å². The molecule has 0 atom stereocenters.